The van der Waals surface area contributed by atoms with Crippen molar-refractivity contribution in [3.8, 4) is 17.4 Å². The Kier molecular flexibility index (Phi) is 5.34. The van der Waals surface area contributed by atoms with Gasteiger partial charge < -0.3 is 14.4 Å². The number of likely N-dealkylation sites (N-methyl/N-ethyl adjacent to an activating group) is 1. The number of hydrogen-bond donors (Lipinski definition) is 0. The van der Waals surface area contributed by atoms with Gasteiger partial charge in [0.1, 0.15) is 18.2 Å². The van der Waals surface area contributed by atoms with Crippen molar-refractivity contribution in [3.63, 3.8) is 0 Å². The highest BCUT2D eigenvalue weighted by atomic mass is 35.5. The molecule has 1 aliphatic heterocycles. The van der Waals surface area contributed by atoms with Gasteiger partial charge in [0.2, 0.25) is 5.88 Å². The molecular weight excluding hydrogens is 420 g/mol. The first-order chi connectivity index (χ1) is 13.9. The van der Waals surface area contributed by atoms with E-state index in [1.54, 1.807) is 28.8 Å². The average molecular weight is 436 g/mol. The molecule has 0 fully saturated rings. The Bertz CT molecular complexity index is 1140. The Balaban J connectivity index is 1.46. The van der Waals surface area contributed by atoms with Gasteiger partial charge in [-0.2, -0.15) is 4.98 Å². The van der Waals surface area contributed by atoms with Crippen molar-refractivity contribution in [2.75, 3.05) is 18.5 Å². The van der Waals surface area contributed by atoms with E-state index in [2.05, 4.69) is 4.98 Å². The summed E-state index contributed by atoms with van der Waals surface area (Å²) >= 11 is 11.8. The maximum Gasteiger partial charge on any atom is 0.352 e. The quantitative estimate of drug-likeness (QED) is 0.589. The minimum Gasteiger partial charge on any atom is -0.473 e. The monoisotopic (exact) mass is 435 g/mol. The van der Waals surface area contributed by atoms with Crippen LogP contribution in [0.15, 0.2) is 47.3 Å². The number of rotatable bonds is 5. The molecule has 2 heterocycles. The zero-order valence-electron chi connectivity index (χ0n) is 15.4. The number of benzene rings is 2. The smallest absolute Gasteiger partial charge is 0.352 e. The maximum atomic E-state index is 14.4. The van der Waals surface area contributed by atoms with Gasteiger partial charge in [0.05, 0.1) is 10.0 Å². The minimum absolute atomic E-state index is 0.0441. The first kappa shape index (κ1) is 19.5. The Labute approximate surface area is 176 Å². The summed E-state index contributed by atoms with van der Waals surface area (Å²) in [6, 6.07) is 10.8. The third kappa shape index (κ3) is 4.16. The molecule has 0 aliphatic carbocycles. The van der Waals surface area contributed by atoms with Gasteiger partial charge in [-0.1, -0.05) is 29.3 Å². The molecule has 0 unspecified atom stereocenters. The van der Waals surface area contributed by atoms with Crippen LogP contribution in [0.5, 0.6) is 17.4 Å². The summed E-state index contributed by atoms with van der Waals surface area (Å²) in [7, 11) is 1.89. The van der Waals surface area contributed by atoms with Crippen LogP contribution in [-0.4, -0.2) is 23.1 Å². The average Bonchev–Trinajstić information content (AvgIpc) is 3.06. The number of hydrogen-bond acceptors (Lipinski definition) is 5. The summed E-state index contributed by atoms with van der Waals surface area (Å²) < 4.78 is 27.1. The van der Waals surface area contributed by atoms with Crippen molar-refractivity contribution in [2.45, 2.75) is 13.2 Å². The molecule has 0 amide bonds. The van der Waals surface area contributed by atoms with Crippen molar-refractivity contribution >= 4 is 29.0 Å². The second-order valence-electron chi connectivity index (χ2n) is 6.54. The van der Waals surface area contributed by atoms with Crippen LogP contribution < -0.4 is 20.1 Å². The molecular formula is C20H16Cl2FN3O3. The summed E-state index contributed by atoms with van der Waals surface area (Å²) in [5.74, 6) is 0.805. The molecule has 0 atom stereocenters. The molecule has 9 heteroatoms. The molecule has 0 spiro atoms. The van der Waals surface area contributed by atoms with Crippen molar-refractivity contribution in [1.82, 2.24) is 9.55 Å². The highest BCUT2D eigenvalue weighted by Gasteiger charge is 2.19. The second-order valence-corrected chi connectivity index (χ2v) is 7.35. The van der Waals surface area contributed by atoms with Crippen molar-refractivity contribution in [1.29, 1.82) is 0 Å². The number of anilines is 1. The normalized spacial score (nSPS) is 12.8. The molecule has 1 aromatic heterocycles. The summed E-state index contributed by atoms with van der Waals surface area (Å²) in [6.07, 6.45) is 0. The fourth-order valence-corrected chi connectivity index (χ4v) is 3.27. The van der Waals surface area contributed by atoms with Gasteiger partial charge in [-0.15, -0.1) is 0 Å². The lowest BCUT2D eigenvalue weighted by molar-refractivity contribution is 0.290. The Morgan fingerprint density at radius 3 is 2.69 bits per heavy atom. The molecule has 1 aliphatic rings. The topological polar surface area (TPSA) is 56.6 Å². The minimum atomic E-state index is -0.557. The highest BCUT2D eigenvalue weighted by Crippen LogP contribution is 2.31. The van der Waals surface area contributed by atoms with Gasteiger partial charge in [0.15, 0.2) is 11.6 Å². The van der Waals surface area contributed by atoms with Gasteiger partial charge in [-0.3, -0.25) is 4.57 Å². The number of aromatic nitrogens is 2. The van der Waals surface area contributed by atoms with Gasteiger partial charge in [-0.25, -0.2) is 9.18 Å². The van der Waals surface area contributed by atoms with Crippen LogP contribution in [0.2, 0.25) is 10.0 Å². The van der Waals surface area contributed by atoms with E-state index in [0.29, 0.717) is 27.9 Å². The lowest BCUT2D eigenvalue weighted by atomic mass is 10.2. The molecule has 29 heavy (non-hydrogen) atoms. The summed E-state index contributed by atoms with van der Waals surface area (Å²) in [5.41, 5.74) is 0.207. The van der Waals surface area contributed by atoms with Gasteiger partial charge in [-0.05, 0) is 29.8 Å². The summed E-state index contributed by atoms with van der Waals surface area (Å²) in [5, 5.41) is 0.705. The van der Waals surface area contributed by atoms with E-state index in [0.717, 1.165) is 12.4 Å². The molecule has 0 N–H and O–H groups in total. The molecule has 0 bridgehead atoms. The number of halogens is 3. The van der Waals surface area contributed by atoms with Crippen LogP contribution in [0.1, 0.15) is 5.56 Å². The van der Waals surface area contributed by atoms with Crippen molar-refractivity contribution in [2.24, 2.45) is 0 Å². The number of fused-ring (bicyclic) bond motifs is 1. The largest absolute Gasteiger partial charge is 0.473 e. The van der Waals surface area contributed by atoms with E-state index in [1.807, 2.05) is 11.9 Å². The van der Waals surface area contributed by atoms with E-state index in [-0.39, 0.29) is 23.9 Å². The predicted octanol–water partition coefficient (Wildman–Crippen LogP) is 4.51. The molecule has 3 aromatic rings. The summed E-state index contributed by atoms with van der Waals surface area (Å²) in [6.45, 7) is 1.40. The van der Waals surface area contributed by atoms with E-state index in [9.17, 15) is 9.18 Å². The second kappa shape index (κ2) is 7.93. The molecule has 4 rings (SSSR count). The molecule has 0 saturated carbocycles. The Morgan fingerprint density at radius 1 is 1.10 bits per heavy atom. The first-order valence-corrected chi connectivity index (χ1v) is 9.53. The molecule has 6 nitrogen and oxygen atoms in total. The fourth-order valence-electron chi connectivity index (χ4n) is 2.98. The van der Waals surface area contributed by atoms with Gasteiger partial charge in [0, 0.05) is 32.3 Å². The van der Waals surface area contributed by atoms with Crippen molar-refractivity contribution < 1.29 is 13.9 Å². The lowest BCUT2D eigenvalue weighted by Crippen LogP contribution is -2.22. The van der Waals surface area contributed by atoms with Crippen LogP contribution in [0.3, 0.4) is 0 Å². The van der Waals surface area contributed by atoms with Crippen LogP contribution in [-0.2, 0) is 13.2 Å². The van der Waals surface area contributed by atoms with Crippen molar-refractivity contribution in [3.05, 3.63) is 74.4 Å². The van der Waals surface area contributed by atoms with Crippen LogP contribution in [0, 0.1) is 5.82 Å². The van der Waals surface area contributed by atoms with Crippen LogP contribution in [0.25, 0.3) is 0 Å². The van der Waals surface area contributed by atoms with E-state index >= 15 is 0 Å². The zero-order chi connectivity index (χ0) is 20.5. The predicted molar refractivity (Wildman–Crippen MR) is 109 cm³/mol. The molecule has 0 saturated heterocycles. The SMILES string of the molecule is CN1CCn2c1cc(OCc1ccc(Oc3ccc(Cl)c(Cl)c3)c(F)c1)nc2=O. The highest BCUT2D eigenvalue weighted by molar-refractivity contribution is 6.42. The summed E-state index contributed by atoms with van der Waals surface area (Å²) in [4.78, 5) is 17.9. The standard InChI is InChI=1S/C20H16Cl2FN3O3/c1-25-6-7-26-19(25)10-18(24-20(26)27)28-11-12-2-5-17(16(23)8-12)29-13-3-4-14(21)15(22)9-13/h2-5,8-10H,6-7,11H2,1H3. The van der Waals surface area contributed by atoms with E-state index in [4.69, 9.17) is 32.7 Å². The zero-order valence-corrected chi connectivity index (χ0v) is 16.9. The van der Waals surface area contributed by atoms with E-state index in [1.165, 1.54) is 18.2 Å². The van der Waals surface area contributed by atoms with Gasteiger partial charge in [0.25, 0.3) is 0 Å². The molecule has 0 radical (unpaired) electrons. The molecule has 150 valence electrons. The number of nitrogens with zero attached hydrogens (tertiary/aromatic N) is 3. The van der Waals surface area contributed by atoms with Crippen LogP contribution in [0.4, 0.5) is 10.2 Å². The third-order valence-electron chi connectivity index (χ3n) is 4.52. The van der Waals surface area contributed by atoms with Crippen LogP contribution >= 0.6 is 23.2 Å². The first-order valence-electron chi connectivity index (χ1n) is 8.78. The maximum absolute atomic E-state index is 14.4. The van der Waals surface area contributed by atoms with Gasteiger partial charge >= 0.3 is 5.69 Å². The Hall–Kier alpha value is -2.77. The Morgan fingerprint density at radius 2 is 1.93 bits per heavy atom. The lowest BCUT2D eigenvalue weighted by Gasteiger charge is -2.13. The third-order valence-corrected chi connectivity index (χ3v) is 5.26. The van der Waals surface area contributed by atoms with E-state index < -0.39 is 5.82 Å². The number of ether oxygens (including phenoxy) is 2. The molecule has 2 aromatic carbocycles. The fraction of sp³-hybridized carbons (Fsp3) is 0.200.